The van der Waals surface area contributed by atoms with Gasteiger partial charge in [0.1, 0.15) is 28.9 Å². The summed E-state index contributed by atoms with van der Waals surface area (Å²) in [4.78, 5) is 19.1. The van der Waals surface area contributed by atoms with Gasteiger partial charge in [0, 0.05) is 28.9 Å². The third-order valence-electron chi connectivity index (χ3n) is 4.66. The van der Waals surface area contributed by atoms with E-state index in [9.17, 15) is 31.0 Å². The van der Waals surface area contributed by atoms with Crippen molar-refractivity contribution in [1.29, 1.82) is 0 Å². The number of halogens is 5. The van der Waals surface area contributed by atoms with Crippen molar-refractivity contribution in [3.8, 4) is 11.1 Å². The standard InChI is InChI=1S/C22H15F5N4O3S/c1-35(33,31-21(32)22(25,26)27)11-12-4-6-28-18(8-12)30-19-9-15(17(24)10-29-19)13-2-3-16(23)14-5-7-34-20(13)14/h2-11H,1H3,(H,28,29,30)(H,31,32,33). The molecular weight excluding hydrogens is 495 g/mol. The number of furan rings is 1. The Kier molecular flexibility index (Phi) is 6.19. The Balaban J connectivity index is 1.63. The van der Waals surface area contributed by atoms with Crippen LogP contribution in [0, 0.1) is 11.6 Å². The molecule has 2 N–H and O–H groups in total. The van der Waals surface area contributed by atoms with Gasteiger partial charge in [-0.15, -0.1) is 0 Å². The molecule has 4 rings (SSSR count). The Morgan fingerprint density at radius 3 is 2.51 bits per heavy atom. The van der Waals surface area contributed by atoms with Crippen LogP contribution in [0.1, 0.15) is 5.56 Å². The lowest BCUT2D eigenvalue weighted by Gasteiger charge is -2.11. The first-order valence-corrected chi connectivity index (χ1v) is 11.7. The molecule has 35 heavy (non-hydrogen) atoms. The molecule has 3 heterocycles. The molecule has 1 atom stereocenters. The van der Waals surface area contributed by atoms with Gasteiger partial charge in [-0.3, -0.25) is 9.52 Å². The van der Waals surface area contributed by atoms with Crippen LogP contribution in [0.15, 0.2) is 59.5 Å². The summed E-state index contributed by atoms with van der Waals surface area (Å²) in [6.45, 7) is 0. The summed E-state index contributed by atoms with van der Waals surface area (Å²) in [5.41, 5.74) is 0.692. The van der Waals surface area contributed by atoms with Crippen molar-refractivity contribution in [2.24, 2.45) is 0 Å². The van der Waals surface area contributed by atoms with Gasteiger partial charge in [0.05, 0.1) is 27.6 Å². The van der Waals surface area contributed by atoms with Crippen molar-refractivity contribution in [3.05, 3.63) is 72.3 Å². The number of amides is 1. The van der Waals surface area contributed by atoms with Gasteiger partial charge in [-0.1, -0.05) is 0 Å². The zero-order chi connectivity index (χ0) is 25.4. The van der Waals surface area contributed by atoms with E-state index in [0.717, 1.165) is 17.8 Å². The van der Waals surface area contributed by atoms with Crippen molar-refractivity contribution in [2.45, 2.75) is 6.18 Å². The summed E-state index contributed by atoms with van der Waals surface area (Å²) in [6.07, 6.45) is -0.737. The maximum absolute atomic E-state index is 14.6. The molecule has 1 unspecified atom stereocenters. The third-order valence-corrected chi connectivity index (χ3v) is 5.98. The molecule has 3 aromatic heterocycles. The Hall–Kier alpha value is -4.00. The van der Waals surface area contributed by atoms with E-state index in [4.69, 9.17) is 4.42 Å². The first-order chi connectivity index (χ1) is 16.4. The van der Waals surface area contributed by atoms with Crippen LogP contribution in [0.5, 0.6) is 0 Å². The fraction of sp³-hybridized carbons (Fsp3) is 0.0909. The molecule has 13 heteroatoms. The molecule has 0 bridgehead atoms. The second-order valence-corrected chi connectivity index (χ2v) is 9.61. The van der Waals surface area contributed by atoms with Crippen molar-refractivity contribution in [1.82, 2.24) is 14.7 Å². The summed E-state index contributed by atoms with van der Waals surface area (Å²) in [6, 6.07) is 8.02. The van der Waals surface area contributed by atoms with Gasteiger partial charge >= 0.3 is 12.1 Å². The number of benzene rings is 1. The molecule has 0 saturated carbocycles. The molecule has 0 aliphatic rings. The van der Waals surface area contributed by atoms with E-state index in [1.807, 2.05) is 0 Å². The molecule has 7 nitrogen and oxygen atoms in total. The monoisotopic (exact) mass is 510 g/mol. The van der Waals surface area contributed by atoms with Gasteiger partial charge in [0.15, 0.2) is 0 Å². The van der Waals surface area contributed by atoms with E-state index in [0.29, 0.717) is 0 Å². The Morgan fingerprint density at radius 1 is 1.03 bits per heavy atom. The van der Waals surface area contributed by atoms with Gasteiger partial charge in [-0.05, 0) is 42.0 Å². The molecule has 0 fully saturated rings. The highest BCUT2D eigenvalue weighted by Crippen LogP contribution is 2.33. The predicted octanol–water partition coefficient (Wildman–Crippen LogP) is 4.57. The normalized spacial score (nSPS) is 13.3. The van der Waals surface area contributed by atoms with E-state index in [-0.39, 0.29) is 39.3 Å². The van der Waals surface area contributed by atoms with Crippen LogP contribution in [0.25, 0.3) is 22.1 Å². The molecule has 1 aromatic carbocycles. The number of fused-ring (bicyclic) bond motifs is 1. The van der Waals surface area contributed by atoms with Crippen LogP contribution in [0.2, 0.25) is 0 Å². The Labute approximate surface area is 195 Å². The van der Waals surface area contributed by atoms with Gasteiger partial charge in [0.2, 0.25) is 0 Å². The van der Waals surface area contributed by atoms with Crippen LogP contribution in [0.3, 0.4) is 0 Å². The number of pyridine rings is 2. The number of nitrogens with zero attached hydrogens (tertiary/aromatic N) is 2. The van der Waals surface area contributed by atoms with Crippen LogP contribution in [-0.2, 0) is 14.5 Å². The van der Waals surface area contributed by atoms with Crippen molar-refractivity contribution >= 4 is 43.6 Å². The fourth-order valence-corrected chi connectivity index (χ4v) is 4.41. The highest BCUT2D eigenvalue weighted by molar-refractivity contribution is 7.99. The Bertz CT molecular complexity index is 1560. The average molecular weight is 510 g/mol. The number of hydrogen-bond donors (Lipinski definition) is 2. The minimum Gasteiger partial charge on any atom is -0.464 e. The molecular formula is C22H15F5N4O3S. The number of anilines is 2. The maximum atomic E-state index is 14.6. The van der Waals surface area contributed by atoms with E-state index >= 15 is 0 Å². The number of carbonyl (C=O) groups excluding carboxylic acids is 1. The van der Waals surface area contributed by atoms with Crippen LogP contribution in [0.4, 0.5) is 33.6 Å². The summed E-state index contributed by atoms with van der Waals surface area (Å²) in [5, 5.41) is 3.95. The highest BCUT2D eigenvalue weighted by atomic mass is 32.2. The average Bonchev–Trinajstić information content (AvgIpc) is 3.25. The van der Waals surface area contributed by atoms with Gasteiger partial charge < -0.3 is 9.73 Å². The largest absolute Gasteiger partial charge is 0.472 e. The van der Waals surface area contributed by atoms with Crippen LogP contribution in [-0.4, -0.2) is 37.9 Å². The summed E-state index contributed by atoms with van der Waals surface area (Å²) in [7, 11) is -3.53. The SMILES string of the molecule is CS(=O)(=Cc1ccnc(Nc2cc(-c3ccc(F)c4ccoc34)c(F)cn2)c1)NC(=O)C(F)(F)F. The van der Waals surface area contributed by atoms with Crippen LogP contribution < -0.4 is 10.0 Å². The van der Waals surface area contributed by atoms with Gasteiger partial charge in [0.25, 0.3) is 0 Å². The molecule has 0 aliphatic heterocycles. The molecule has 4 aromatic rings. The molecule has 0 radical (unpaired) electrons. The van der Waals surface area contributed by atoms with E-state index in [1.165, 1.54) is 53.6 Å². The van der Waals surface area contributed by atoms with Crippen LogP contribution >= 0.6 is 0 Å². The number of aromatic nitrogens is 2. The topological polar surface area (TPSA) is 97.1 Å². The number of hydrogen-bond acceptors (Lipinski definition) is 6. The van der Waals surface area contributed by atoms with E-state index in [2.05, 4.69) is 15.3 Å². The summed E-state index contributed by atoms with van der Waals surface area (Å²) < 4.78 is 85.1. The molecule has 1 amide bonds. The van der Waals surface area contributed by atoms with Crippen molar-refractivity contribution in [3.63, 3.8) is 0 Å². The lowest BCUT2D eigenvalue weighted by atomic mass is 10.0. The maximum Gasteiger partial charge on any atom is 0.472 e. The zero-order valence-corrected chi connectivity index (χ0v) is 18.5. The van der Waals surface area contributed by atoms with Crippen molar-refractivity contribution < 1.29 is 35.4 Å². The molecule has 0 spiro atoms. The second kappa shape index (κ2) is 8.98. The molecule has 182 valence electrons. The summed E-state index contributed by atoms with van der Waals surface area (Å²) >= 11 is 0. The van der Waals surface area contributed by atoms with Gasteiger partial charge in [-0.25, -0.2) is 23.0 Å². The lowest BCUT2D eigenvalue weighted by molar-refractivity contribution is -0.171. The van der Waals surface area contributed by atoms with E-state index < -0.39 is 33.4 Å². The quantitative estimate of drug-likeness (QED) is 0.302. The number of nitrogens with one attached hydrogen (secondary N) is 2. The number of rotatable bonds is 5. The second-order valence-electron chi connectivity index (χ2n) is 7.36. The zero-order valence-electron chi connectivity index (χ0n) is 17.7. The first kappa shape index (κ1) is 24.1. The Morgan fingerprint density at radius 2 is 1.77 bits per heavy atom. The first-order valence-electron chi connectivity index (χ1n) is 9.70. The molecule has 0 saturated heterocycles. The number of alkyl halides is 3. The lowest BCUT2D eigenvalue weighted by Crippen LogP contribution is -2.40. The fourth-order valence-electron chi connectivity index (χ4n) is 3.20. The highest BCUT2D eigenvalue weighted by Gasteiger charge is 2.39. The summed E-state index contributed by atoms with van der Waals surface area (Å²) in [5.74, 6) is -3.27. The number of carbonyl (C=O) groups is 1. The minimum atomic E-state index is -5.19. The molecule has 0 aliphatic carbocycles. The smallest absolute Gasteiger partial charge is 0.464 e. The van der Waals surface area contributed by atoms with Gasteiger partial charge in [-0.2, -0.15) is 13.2 Å². The van der Waals surface area contributed by atoms with E-state index in [1.54, 1.807) is 0 Å². The minimum absolute atomic E-state index is 0.0663. The third kappa shape index (κ3) is 5.40. The predicted molar refractivity (Wildman–Crippen MR) is 120 cm³/mol. The van der Waals surface area contributed by atoms with Crippen molar-refractivity contribution in [2.75, 3.05) is 11.6 Å².